The molecule has 0 aliphatic rings. The molecular formula is C21H22N2OS. The predicted octanol–water partition coefficient (Wildman–Crippen LogP) is 4.97. The summed E-state index contributed by atoms with van der Waals surface area (Å²) in [5, 5.41) is 4.03. The van der Waals surface area contributed by atoms with Crippen molar-refractivity contribution < 1.29 is 4.79 Å². The van der Waals surface area contributed by atoms with Crippen LogP contribution in [-0.4, -0.2) is 10.9 Å². The van der Waals surface area contributed by atoms with Crippen molar-refractivity contribution >= 4 is 17.2 Å². The summed E-state index contributed by atoms with van der Waals surface area (Å²) in [6.07, 6.45) is 0. The van der Waals surface area contributed by atoms with Crippen molar-refractivity contribution in [1.82, 2.24) is 10.3 Å². The van der Waals surface area contributed by atoms with Crippen molar-refractivity contribution in [3.8, 4) is 10.6 Å². The smallest absolute Gasteiger partial charge is 0.251 e. The van der Waals surface area contributed by atoms with E-state index in [9.17, 15) is 4.79 Å². The molecule has 0 fully saturated rings. The van der Waals surface area contributed by atoms with Crippen molar-refractivity contribution in [2.24, 2.45) is 0 Å². The maximum atomic E-state index is 12.5. The van der Waals surface area contributed by atoms with E-state index in [1.54, 1.807) is 11.3 Å². The van der Waals surface area contributed by atoms with Gasteiger partial charge in [0, 0.05) is 16.0 Å². The number of nitrogens with zero attached hydrogens (tertiary/aromatic N) is 1. The van der Waals surface area contributed by atoms with E-state index in [0.29, 0.717) is 6.54 Å². The normalized spacial score (nSPS) is 10.7. The number of benzene rings is 2. The molecule has 0 atom stereocenters. The van der Waals surface area contributed by atoms with Gasteiger partial charge in [-0.2, -0.15) is 0 Å². The zero-order valence-electron chi connectivity index (χ0n) is 15.0. The maximum Gasteiger partial charge on any atom is 0.251 e. The van der Waals surface area contributed by atoms with Gasteiger partial charge < -0.3 is 5.32 Å². The van der Waals surface area contributed by atoms with E-state index >= 15 is 0 Å². The van der Waals surface area contributed by atoms with E-state index in [4.69, 9.17) is 0 Å². The lowest BCUT2D eigenvalue weighted by Gasteiger charge is -2.08. The van der Waals surface area contributed by atoms with E-state index in [1.165, 1.54) is 5.56 Å². The average molecular weight is 350 g/mol. The molecule has 3 aromatic rings. The third kappa shape index (κ3) is 3.80. The number of carbonyl (C=O) groups is 1. The summed E-state index contributed by atoms with van der Waals surface area (Å²) in [5.41, 5.74) is 6.23. The number of hydrogen-bond donors (Lipinski definition) is 1. The van der Waals surface area contributed by atoms with E-state index in [2.05, 4.69) is 29.4 Å². The van der Waals surface area contributed by atoms with Crippen LogP contribution in [0.25, 0.3) is 10.6 Å². The minimum atomic E-state index is -0.0391. The maximum absolute atomic E-state index is 12.5. The van der Waals surface area contributed by atoms with Gasteiger partial charge in [-0.3, -0.25) is 4.79 Å². The zero-order valence-corrected chi connectivity index (χ0v) is 15.8. The molecule has 0 aliphatic heterocycles. The number of carbonyl (C=O) groups excluding carboxylic acids is 1. The third-order valence-corrected chi connectivity index (χ3v) is 5.49. The molecule has 0 aliphatic carbocycles. The molecule has 1 N–H and O–H groups in total. The second kappa shape index (κ2) is 7.19. The highest BCUT2D eigenvalue weighted by Gasteiger charge is 2.13. The van der Waals surface area contributed by atoms with E-state index in [1.807, 2.05) is 51.1 Å². The molecule has 0 bridgehead atoms. The first-order chi connectivity index (χ1) is 12.0. The van der Waals surface area contributed by atoms with Crippen LogP contribution >= 0.6 is 11.3 Å². The molecule has 128 valence electrons. The molecule has 0 saturated carbocycles. The Morgan fingerprint density at radius 3 is 2.52 bits per heavy atom. The van der Waals surface area contributed by atoms with Gasteiger partial charge in [0.15, 0.2) is 0 Å². The van der Waals surface area contributed by atoms with Crippen molar-refractivity contribution in [2.75, 3.05) is 0 Å². The topological polar surface area (TPSA) is 42.0 Å². The summed E-state index contributed by atoms with van der Waals surface area (Å²) in [5.74, 6) is -0.0391. The summed E-state index contributed by atoms with van der Waals surface area (Å²) in [7, 11) is 0. The molecule has 3 nitrogen and oxygen atoms in total. The van der Waals surface area contributed by atoms with E-state index in [-0.39, 0.29) is 5.91 Å². The molecule has 0 unspecified atom stereocenters. The molecule has 0 radical (unpaired) electrons. The Labute approximate surface area is 152 Å². The van der Waals surface area contributed by atoms with Gasteiger partial charge in [0.05, 0.1) is 12.2 Å². The monoisotopic (exact) mass is 350 g/mol. The number of nitrogens with one attached hydrogen (secondary N) is 1. The van der Waals surface area contributed by atoms with Gasteiger partial charge >= 0.3 is 0 Å². The van der Waals surface area contributed by atoms with Crippen LogP contribution in [0.4, 0.5) is 0 Å². The van der Waals surface area contributed by atoms with Gasteiger partial charge in [-0.1, -0.05) is 42.0 Å². The van der Waals surface area contributed by atoms with Crippen molar-refractivity contribution in [2.45, 2.75) is 34.2 Å². The Kier molecular flexibility index (Phi) is 5.00. The first-order valence-electron chi connectivity index (χ1n) is 8.33. The second-order valence-corrected chi connectivity index (χ2v) is 7.43. The van der Waals surface area contributed by atoms with Crippen LogP contribution in [-0.2, 0) is 6.54 Å². The molecule has 4 heteroatoms. The van der Waals surface area contributed by atoms with Crippen LogP contribution in [0.3, 0.4) is 0 Å². The summed E-state index contributed by atoms with van der Waals surface area (Å²) < 4.78 is 0. The number of aromatic nitrogens is 1. The fraction of sp³-hybridized carbons (Fsp3) is 0.238. The Bertz CT molecular complexity index is 927. The fourth-order valence-electron chi connectivity index (χ4n) is 2.84. The highest BCUT2D eigenvalue weighted by molar-refractivity contribution is 7.15. The molecule has 1 amide bonds. The summed E-state index contributed by atoms with van der Waals surface area (Å²) in [6.45, 7) is 8.59. The summed E-state index contributed by atoms with van der Waals surface area (Å²) >= 11 is 1.64. The SMILES string of the molecule is Cc1ccc(C(=O)NCc2sc(-c3ccccc3C)nc2C)c(C)c1. The summed E-state index contributed by atoms with van der Waals surface area (Å²) in [4.78, 5) is 18.2. The standard InChI is InChI=1S/C21H22N2OS/c1-13-9-10-17(15(3)11-13)20(24)22-12-19-16(4)23-21(25-19)18-8-6-5-7-14(18)2/h5-11H,12H2,1-4H3,(H,22,24). The van der Waals surface area contributed by atoms with Crippen LogP contribution in [0, 0.1) is 27.7 Å². The Morgan fingerprint density at radius 1 is 1.04 bits per heavy atom. The van der Waals surface area contributed by atoms with Gasteiger partial charge in [-0.25, -0.2) is 4.98 Å². The number of thiazole rings is 1. The largest absolute Gasteiger partial charge is 0.347 e. The molecule has 0 spiro atoms. The molecule has 1 heterocycles. The van der Waals surface area contributed by atoms with Gasteiger partial charge in [-0.15, -0.1) is 11.3 Å². The van der Waals surface area contributed by atoms with Gasteiger partial charge in [0.1, 0.15) is 5.01 Å². The van der Waals surface area contributed by atoms with Crippen LogP contribution < -0.4 is 5.32 Å². The van der Waals surface area contributed by atoms with Crippen molar-refractivity contribution in [1.29, 1.82) is 0 Å². The molecule has 0 saturated heterocycles. The van der Waals surface area contributed by atoms with Crippen LogP contribution in [0.2, 0.25) is 0 Å². The van der Waals surface area contributed by atoms with Crippen LogP contribution in [0.1, 0.15) is 37.6 Å². The molecular weight excluding hydrogens is 328 g/mol. The quantitative estimate of drug-likeness (QED) is 0.721. The minimum Gasteiger partial charge on any atom is -0.347 e. The van der Waals surface area contributed by atoms with E-state index < -0.39 is 0 Å². The molecule has 2 aromatic carbocycles. The predicted molar refractivity (Wildman–Crippen MR) is 104 cm³/mol. The first kappa shape index (κ1) is 17.4. The van der Waals surface area contributed by atoms with Crippen molar-refractivity contribution in [3.05, 3.63) is 75.3 Å². The molecule has 3 rings (SSSR count). The lowest BCUT2D eigenvalue weighted by atomic mass is 10.1. The van der Waals surface area contributed by atoms with Crippen LogP contribution in [0.5, 0.6) is 0 Å². The number of hydrogen-bond acceptors (Lipinski definition) is 3. The van der Waals surface area contributed by atoms with Gasteiger partial charge in [0.25, 0.3) is 5.91 Å². The number of aryl methyl sites for hydroxylation is 4. The van der Waals surface area contributed by atoms with Gasteiger partial charge in [0.2, 0.25) is 0 Å². The highest BCUT2D eigenvalue weighted by atomic mass is 32.1. The Hall–Kier alpha value is -2.46. The highest BCUT2D eigenvalue weighted by Crippen LogP contribution is 2.30. The van der Waals surface area contributed by atoms with E-state index in [0.717, 1.165) is 37.8 Å². The average Bonchev–Trinajstić information content (AvgIpc) is 2.94. The Morgan fingerprint density at radius 2 is 1.80 bits per heavy atom. The van der Waals surface area contributed by atoms with Crippen molar-refractivity contribution in [3.63, 3.8) is 0 Å². The molecule has 1 aromatic heterocycles. The Balaban J connectivity index is 1.76. The zero-order chi connectivity index (χ0) is 18.0. The number of amides is 1. The fourth-order valence-corrected chi connectivity index (χ4v) is 3.94. The minimum absolute atomic E-state index is 0.0391. The third-order valence-electron chi connectivity index (χ3n) is 4.30. The first-order valence-corrected chi connectivity index (χ1v) is 9.15. The second-order valence-electron chi connectivity index (χ2n) is 6.34. The van der Waals surface area contributed by atoms with Crippen LogP contribution in [0.15, 0.2) is 42.5 Å². The lowest BCUT2D eigenvalue weighted by Crippen LogP contribution is -2.23. The molecule has 25 heavy (non-hydrogen) atoms. The summed E-state index contributed by atoms with van der Waals surface area (Å²) in [6, 6.07) is 14.1. The number of rotatable bonds is 4. The lowest BCUT2D eigenvalue weighted by molar-refractivity contribution is 0.0950. The van der Waals surface area contributed by atoms with Gasteiger partial charge in [-0.05, 0) is 44.9 Å².